The standard InChI is InChI=1S/C24H19F3N4O3/c1-30-18-7-3-5-15(21(18)22(33)31(2)23(30)34)13-20(32)29-19-8-4-6-17(28-19)14-9-11-16(12-10-14)24(25,26)27/h3-12H,13H2,1-2H3,(H,28,29,32). The van der Waals surface area contributed by atoms with E-state index in [1.165, 1.54) is 23.7 Å². The number of alkyl halides is 3. The van der Waals surface area contributed by atoms with Gasteiger partial charge in [0.05, 0.1) is 28.6 Å². The van der Waals surface area contributed by atoms with E-state index in [0.29, 0.717) is 22.3 Å². The second-order valence-corrected chi connectivity index (χ2v) is 7.73. The number of aryl methyl sites for hydroxylation is 1. The molecule has 174 valence electrons. The van der Waals surface area contributed by atoms with Crippen molar-refractivity contribution in [2.45, 2.75) is 12.6 Å². The lowest BCUT2D eigenvalue weighted by molar-refractivity contribution is -0.137. The van der Waals surface area contributed by atoms with Crippen LogP contribution in [0.25, 0.3) is 22.2 Å². The van der Waals surface area contributed by atoms with Gasteiger partial charge in [-0.1, -0.05) is 30.3 Å². The number of carbonyl (C=O) groups excluding carboxylic acids is 1. The average molecular weight is 468 g/mol. The van der Waals surface area contributed by atoms with Gasteiger partial charge in [0, 0.05) is 19.7 Å². The minimum absolute atomic E-state index is 0.142. The van der Waals surface area contributed by atoms with Crippen molar-refractivity contribution in [2.24, 2.45) is 14.1 Å². The van der Waals surface area contributed by atoms with E-state index in [0.717, 1.165) is 16.7 Å². The first-order valence-electron chi connectivity index (χ1n) is 10.2. The summed E-state index contributed by atoms with van der Waals surface area (Å²) < 4.78 is 40.7. The van der Waals surface area contributed by atoms with Crippen LogP contribution in [-0.4, -0.2) is 20.0 Å². The molecule has 2 aromatic carbocycles. The van der Waals surface area contributed by atoms with Gasteiger partial charge in [0.1, 0.15) is 5.82 Å². The molecule has 2 aromatic heterocycles. The first-order chi connectivity index (χ1) is 16.1. The van der Waals surface area contributed by atoms with Gasteiger partial charge in [-0.25, -0.2) is 9.78 Å². The Kier molecular flexibility index (Phi) is 5.82. The highest BCUT2D eigenvalue weighted by Crippen LogP contribution is 2.30. The molecule has 1 N–H and O–H groups in total. The van der Waals surface area contributed by atoms with E-state index in [1.54, 1.807) is 43.4 Å². The van der Waals surface area contributed by atoms with Gasteiger partial charge in [0.25, 0.3) is 5.56 Å². The molecule has 0 radical (unpaired) electrons. The Morgan fingerprint density at radius 3 is 2.29 bits per heavy atom. The number of carbonyl (C=O) groups is 1. The lowest BCUT2D eigenvalue weighted by Crippen LogP contribution is -2.37. The largest absolute Gasteiger partial charge is 0.416 e. The zero-order valence-corrected chi connectivity index (χ0v) is 18.2. The van der Waals surface area contributed by atoms with Crippen LogP contribution in [0, 0.1) is 0 Å². The third-order valence-electron chi connectivity index (χ3n) is 5.46. The smallest absolute Gasteiger partial charge is 0.310 e. The van der Waals surface area contributed by atoms with E-state index in [9.17, 15) is 27.6 Å². The molecule has 4 aromatic rings. The van der Waals surface area contributed by atoms with E-state index in [1.807, 2.05) is 0 Å². The molecule has 7 nitrogen and oxygen atoms in total. The summed E-state index contributed by atoms with van der Waals surface area (Å²) in [6.45, 7) is 0. The number of anilines is 1. The predicted octanol–water partition coefficient (Wildman–Crippen LogP) is 3.50. The van der Waals surface area contributed by atoms with Gasteiger partial charge in [-0.15, -0.1) is 0 Å². The van der Waals surface area contributed by atoms with Crippen LogP contribution >= 0.6 is 0 Å². The number of rotatable bonds is 4. The summed E-state index contributed by atoms with van der Waals surface area (Å²) in [5.74, 6) is -0.233. The summed E-state index contributed by atoms with van der Waals surface area (Å²) in [4.78, 5) is 41.9. The van der Waals surface area contributed by atoms with Crippen LogP contribution in [-0.2, 0) is 31.5 Å². The Balaban J connectivity index is 1.59. The minimum atomic E-state index is -4.43. The van der Waals surface area contributed by atoms with Crippen LogP contribution < -0.4 is 16.6 Å². The number of fused-ring (bicyclic) bond motifs is 1. The molecule has 4 rings (SSSR count). The van der Waals surface area contributed by atoms with Crippen LogP contribution in [0.3, 0.4) is 0 Å². The summed E-state index contributed by atoms with van der Waals surface area (Å²) in [5, 5.41) is 2.93. The van der Waals surface area contributed by atoms with Crippen LogP contribution in [0.5, 0.6) is 0 Å². The van der Waals surface area contributed by atoms with Crippen LogP contribution in [0.1, 0.15) is 11.1 Å². The van der Waals surface area contributed by atoms with E-state index >= 15 is 0 Å². The molecule has 0 aliphatic rings. The van der Waals surface area contributed by atoms with Crippen molar-refractivity contribution < 1.29 is 18.0 Å². The maximum absolute atomic E-state index is 12.8. The number of nitrogens with one attached hydrogen (secondary N) is 1. The first kappa shape index (κ1) is 23.0. The van der Waals surface area contributed by atoms with Gasteiger partial charge >= 0.3 is 11.9 Å². The number of halogens is 3. The summed E-state index contributed by atoms with van der Waals surface area (Å²) >= 11 is 0. The molecule has 10 heteroatoms. The average Bonchev–Trinajstić information content (AvgIpc) is 2.81. The highest BCUT2D eigenvalue weighted by atomic mass is 19.4. The Bertz CT molecular complexity index is 1520. The molecule has 0 unspecified atom stereocenters. The molecule has 0 saturated carbocycles. The van der Waals surface area contributed by atoms with Crippen molar-refractivity contribution in [3.8, 4) is 11.3 Å². The van der Waals surface area contributed by atoms with E-state index < -0.39 is 28.9 Å². The number of amides is 1. The highest BCUT2D eigenvalue weighted by Gasteiger charge is 2.30. The predicted molar refractivity (Wildman–Crippen MR) is 121 cm³/mol. The van der Waals surface area contributed by atoms with Gasteiger partial charge in [-0.2, -0.15) is 13.2 Å². The van der Waals surface area contributed by atoms with Gasteiger partial charge < -0.3 is 5.32 Å². The Morgan fingerprint density at radius 2 is 1.62 bits per heavy atom. The number of hydrogen-bond acceptors (Lipinski definition) is 4. The zero-order valence-electron chi connectivity index (χ0n) is 18.2. The quantitative estimate of drug-likeness (QED) is 0.497. The normalized spacial score (nSPS) is 11.6. The third kappa shape index (κ3) is 4.34. The fraction of sp³-hybridized carbons (Fsp3) is 0.167. The van der Waals surface area contributed by atoms with Gasteiger partial charge in [0.2, 0.25) is 5.91 Å². The fourth-order valence-electron chi connectivity index (χ4n) is 3.70. The van der Waals surface area contributed by atoms with Gasteiger partial charge in [-0.3, -0.25) is 18.7 Å². The van der Waals surface area contributed by atoms with Crippen LogP contribution in [0.2, 0.25) is 0 Å². The molecular weight excluding hydrogens is 449 g/mol. The molecule has 2 heterocycles. The van der Waals surface area contributed by atoms with Crippen molar-refractivity contribution in [3.63, 3.8) is 0 Å². The monoisotopic (exact) mass is 468 g/mol. The van der Waals surface area contributed by atoms with Crippen molar-refractivity contribution in [2.75, 3.05) is 5.32 Å². The number of aromatic nitrogens is 3. The van der Waals surface area contributed by atoms with E-state index in [4.69, 9.17) is 0 Å². The van der Waals surface area contributed by atoms with Gasteiger partial charge in [-0.05, 0) is 35.9 Å². The second kappa shape index (κ2) is 8.62. The van der Waals surface area contributed by atoms with Crippen LogP contribution in [0.15, 0.2) is 70.3 Å². The Hall–Kier alpha value is -4.21. The Labute approximate surface area is 191 Å². The molecule has 0 aliphatic carbocycles. The molecule has 0 fully saturated rings. The number of benzene rings is 2. The maximum atomic E-state index is 12.8. The first-order valence-corrected chi connectivity index (χ1v) is 10.2. The highest BCUT2D eigenvalue weighted by molar-refractivity contribution is 5.95. The molecule has 0 atom stereocenters. The van der Waals surface area contributed by atoms with Gasteiger partial charge in [0.15, 0.2) is 0 Å². The zero-order chi connectivity index (χ0) is 24.6. The summed E-state index contributed by atoms with van der Waals surface area (Å²) in [6.07, 6.45) is -4.58. The molecule has 1 amide bonds. The summed E-state index contributed by atoms with van der Waals surface area (Å²) in [6, 6.07) is 14.3. The fourth-order valence-corrected chi connectivity index (χ4v) is 3.70. The maximum Gasteiger partial charge on any atom is 0.416 e. The van der Waals surface area contributed by atoms with E-state index in [2.05, 4.69) is 10.3 Å². The molecule has 34 heavy (non-hydrogen) atoms. The van der Waals surface area contributed by atoms with Crippen molar-refractivity contribution in [3.05, 3.63) is 92.6 Å². The third-order valence-corrected chi connectivity index (χ3v) is 5.46. The van der Waals surface area contributed by atoms with Crippen molar-refractivity contribution in [1.82, 2.24) is 14.1 Å². The molecular formula is C24H19F3N4O3. The lowest BCUT2D eigenvalue weighted by atomic mass is 10.1. The van der Waals surface area contributed by atoms with Crippen molar-refractivity contribution in [1.29, 1.82) is 0 Å². The minimum Gasteiger partial charge on any atom is -0.310 e. The molecule has 0 saturated heterocycles. The molecule has 0 spiro atoms. The number of hydrogen-bond donors (Lipinski definition) is 1. The molecule has 0 bridgehead atoms. The second-order valence-electron chi connectivity index (χ2n) is 7.73. The topological polar surface area (TPSA) is 86.0 Å². The Morgan fingerprint density at radius 1 is 0.941 bits per heavy atom. The number of pyridine rings is 1. The van der Waals surface area contributed by atoms with E-state index in [-0.39, 0.29) is 17.6 Å². The molecule has 0 aliphatic heterocycles. The number of nitrogens with zero attached hydrogens (tertiary/aromatic N) is 3. The SMILES string of the molecule is Cn1c(=O)c2c(CC(=O)Nc3cccc(-c4ccc(C(F)(F)F)cc4)n3)cccc2n(C)c1=O. The lowest BCUT2D eigenvalue weighted by Gasteiger charge is -2.12. The summed E-state index contributed by atoms with van der Waals surface area (Å²) in [5.41, 5.74) is -0.0132. The van der Waals surface area contributed by atoms with Crippen molar-refractivity contribution >= 4 is 22.6 Å². The summed E-state index contributed by atoms with van der Waals surface area (Å²) in [7, 11) is 2.92. The van der Waals surface area contributed by atoms with Crippen LogP contribution in [0.4, 0.5) is 19.0 Å².